The van der Waals surface area contributed by atoms with Crippen LogP contribution in [0.25, 0.3) is 22.6 Å². The lowest BCUT2D eigenvalue weighted by molar-refractivity contribution is -0.126. The van der Waals surface area contributed by atoms with Gasteiger partial charge in [0, 0.05) is 16.7 Å². The number of carbonyl (C=O) groups excluding carboxylic acids is 1. The summed E-state index contributed by atoms with van der Waals surface area (Å²) in [4.78, 5) is 16.8. The van der Waals surface area contributed by atoms with Crippen LogP contribution in [0.3, 0.4) is 0 Å². The van der Waals surface area contributed by atoms with E-state index in [-0.39, 0.29) is 11.0 Å². The van der Waals surface area contributed by atoms with Gasteiger partial charge in [-0.1, -0.05) is 32.9 Å². The van der Waals surface area contributed by atoms with Crippen LogP contribution in [-0.4, -0.2) is 16.0 Å². The number of hydrogen-bond donors (Lipinski definition) is 2. The van der Waals surface area contributed by atoms with Crippen molar-refractivity contribution >= 4 is 40.0 Å². The molecule has 3 aromatic rings. The predicted molar refractivity (Wildman–Crippen MR) is 117 cm³/mol. The number of amides is 1. The van der Waals surface area contributed by atoms with Crippen LogP contribution in [0.1, 0.15) is 37.5 Å². The number of thiocarbonyl (C=S) groups is 1. The third-order valence-corrected chi connectivity index (χ3v) is 4.67. The van der Waals surface area contributed by atoms with Gasteiger partial charge in [0.15, 0.2) is 10.7 Å². The van der Waals surface area contributed by atoms with E-state index in [1.807, 2.05) is 65.8 Å². The Kier molecular flexibility index (Phi) is 5.26. The Balaban J connectivity index is 1.89. The number of anilines is 1. The van der Waals surface area contributed by atoms with Crippen molar-refractivity contribution in [2.75, 3.05) is 5.32 Å². The number of nitrogens with one attached hydrogen (secondary N) is 2. The molecule has 0 unspecified atom stereocenters. The molecule has 146 valence electrons. The molecule has 0 aliphatic rings. The molecule has 0 bridgehead atoms. The van der Waals surface area contributed by atoms with Crippen molar-refractivity contribution in [3.05, 3.63) is 47.0 Å². The normalized spacial score (nSPS) is 11.5. The van der Waals surface area contributed by atoms with Gasteiger partial charge >= 0.3 is 0 Å². The summed E-state index contributed by atoms with van der Waals surface area (Å²) in [5.74, 6) is 0.417. The monoisotopic (exact) mass is 395 g/mol. The molecule has 28 heavy (non-hydrogen) atoms. The van der Waals surface area contributed by atoms with Gasteiger partial charge in [-0.3, -0.25) is 4.79 Å². The van der Waals surface area contributed by atoms with Crippen molar-refractivity contribution in [2.24, 2.45) is 5.41 Å². The quantitative estimate of drug-likeness (QED) is 0.578. The largest absolute Gasteiger partial charge is 0.436 e. The number of fused-ring (bicyclic) bond motifs is 1. The first kappa shape index (κ1) is 20.0. The lowest BCUT2D eigenvalue weighted by Gasteiger charge is -2.19. The molecule has 6 heteroatoms. The first-order valence-corrected chi connectivity index (χ1v) is 9.56. The molecule has 5 nitrogen and oxygen atoms in total. The molecular weight excluding hydrogens is 370 g/mol. The summed E-state index contributed by atoms with van der Waals surface area (Å²) in [6.07, 6.45) is 0. The molecule has 0 saturated heterocycles. The van der Waals surface area contributed by atoms with E-state index in [0.29, 0.717) is 5.89 Å². The summed E-state index contributed by atoms with van der Waals surface area (Å²) in [5.41, 5.74) is 5.97. The first-order valence-electron chi connectivity index (χ1n) is 9.16. The maximum absolute atomic E-state index is 12.1. The minimum absolute atomic E-state index is 0.136. The van der Waals surface area contributed by atoms with Crippen molar-refractivity contribution in [1.29, 1.82) is 0 Å². The second-order valence-corrected chi connectivity index (χ2v) is 8.55. The zero-order valence-electron chi connectivity index (χ0n) is 17.1. The zero-order chi connectivity index (χ0) is 20.6. The summed E-state index contributed by atoms with van der Waals surface area (Å²) < 4.78 is 6.01. The lowest BCUT2D eigenvalue weighted by atomic mass is 9.96. The number of oxazole rings is 1. The van der Waals surface area contributed by atoms with Crippen LogP contribution in [-0.2, 0) is 4.79 Å². The van der Waals surface area contributed by atoms with Gasteiger partial charge in [-0.2, -0.15) is 0 Å². The van der Waals surface area contributed by atoms with Crippen molar-refractivity contribution in [3.8, 4) is 11.5 Å². The minimum Gasteiger partial charge on any atom is -0.436 e. The van der Waals surface area contributed by atoms with Gasteiger partial charge in [-0.25, -0.2) is 4.98 Å². The average Bonchev–Trinajstić information content (AvgIpc) is 3.00. The van der Waals surface area contributed by atoms with E-state index in [1.54, 1.807) is 0 Å². The number of hydrogen-bond acceptors (Lipinski definition) is 4. The van der Waals surface area contributed by atoms with E-state index in [2.05, 4.69) is 21.7 Å². The molecule has 1 heterocycles. The van der Waals surface area contributed by atoms with Gasteiger partial charge in [-0.05, 0) is 67.9 Å². The number of carbonyl (C=O) groups is 1. The SMILES string of the molecule is Cc1cc(C)c2oc(-c3ccc(C)c(NC(=S)NC(=O)C(C)(C)C)c3)nc2c1. The summed E-state index contributed by atoms with van der Waals surface area (Å²) in [6.45, 7) is 11.6. The minimum atomic E-state index is -0.517. The van der Waals surface area contributed by atoms with Gasteiger partial charge < -0.3 is 15.1 Å². The number of rotatable bonds is 2. The lowest BCUT2D eigenvalue weighted by Crippen LogP contribution is -2.41. The van der Waals surface area contributed by atoms with Gasteiger partial charge in [0.05, 0.1) is 0 Å². The van der Waals surface area contributed by atoms with Crippen LogP contribution in [0.2, 0.25) is 0 Å². The van der Waals surface area contributed by atoms with Crippen LogP contribution >= 0.6 is 12.2 Å². The first-order chi connectivity index (χ1) is 13.0. The van der Waals surface area contributed by atoms with E-state index >= 15 is 0 Å². The highest BCUT2D eigenvalue weighted by molar-refractivity contribution is 7.80. The molecule has 0 fully saturated rings. The molecule has 0 aliphatic carbocycles. The van der Waals surface area contributed by atoms with Crippen LogP contribution < -0.4 is 10.6 Å². The third kappa shape index (κ3) is 4.22. The fourth-order valence-corrected chi connectivity index (χ4v) is 3.04. The number of benzene rings is 2. The molecule has 3 rings (SSSR count). The average molecular weight is 396 g/mol. The Labute approximate surface area is 170 Å². The van der Waals surface area contributed by atoms with Crippen LogP contribution in [0.15, 0.2) is 34.7 Å². The fourth-order valence-electron chi connectivity index (χ4n) is 2.83. The predicted octanol–water partition coefficient (Wildman–Crippen LogP) is 5.28. The number of nitrogens with zero attached hydrogens (tertiary/aromatic N) is 1. The van der Waals surface area contributed by atoms with Crippen LogP contribution in [0.5, 0.6) is 0 Å². The van der Waals surface area contributed by atoms with E-state index in [4.69, 9.17) is 16.6 Å². The number of aryl methyl sites for hydroxylation is 3. The molecule has 1 aromatic heterocycles. The second kappa shape index (κ2) is 7.36. The molecule has 0 atom stereocenters. The molecule has 2 N–H and O–H groups in total. The van der Waals surface area contributed by atoms with Crippen molar-refractivity contribution in [2.45, 2.75) is 41.5 Å². The zero-order valence-corrected chi connectivity index (χ0v) is 17.9. The van der Waals surface area contributed by atoms with Gasteiger partial charge in [-0.15, -0.1) is 0 Å². The molecule has 2 aromatic carbocycles. The Hall–Kier alpha value is -2.73. The molecule has 1 amide bonds. The second-order valence-electron chi connectivity index (χ2n) is 8.14. The summed E-state index contributed by atoms with van der Waals surface area (Å²) >= 11 is 5.30. The van der Waals surface area contributed by atoms with Crippen LogP contribution in [0, 0.1) is 26.2 Å². The third-order valence-electron chi connectivity index (χ3n) is 4.46. The van der Waals surface area contributed by atoms with Crippen molar-refractivity contribution in [3.63, 3.8) is 0 Å². The van der Waals surface area contributed by atoms with Crippen LogP contribution in [0.4, 0.5) is 5.69 Å². The maximum Gasteiger partial charge on any atom is 0.231 e. The highest BCUT2D eigenvalue weighted by Gasteiger charge is 2.22. The molecule has 0 aliphatic heterocycles. The summed E-state index contributed by atoms with van der Waals surface area (Å²) in [6, 6.07) is 9.95. The van der Waals surface area contributed by atoms with Gasteiger partial charge in [0.25, 0.3) is 0 Å². The smallest absolute Gasteiger partial charge is 0.231 e. The molecule has 0 spiro atoms. The van der Waals surface area contributed by atoms with E-state index in [9.17, 15) is 4.79 Å². The van der Waals surface area contributed by atoms with Gasteiger partial charge in [0.2, 0.25) is 11.8 Å². The summed E-state index contributed by atoms with van der Waals surface area (Å²) in [7, 11) is 0. The molecule has 0 saturated carbocycles. The highest BCUT2D eigenvalue weighted by Crippen LogP contribution is 2.30. The number of aromatic nitrogens is 1. The summed E-state index contributed by atoms with van der Waals surface area (Å²) in [5, 5.41) is 6.11. The van der Waals surface area contributed by atoms with E-state index < -0.39 is 5.41 Å². The Morgan fingerprint density at radius 1 is 1.07 bits per heavy atom. The fraction of sp³-hybridized carbons (Fsp3) is 0.318. The molecule has 0 radical (unpaired) electrons. The van der Waals surface area contributed by atoms with Crippen molar-refractivity contribution < 1.29 is 9.21 Å². The Morgan fingerprint density at radius 2 is 1.79 bits per heavy atom. The Morgan fingerprint density at radius 3 is 2.46 bits per heavy atom. The Bertz CT molecular complexity index is 1080. The van der Waals surface area contributed by atoms with Gasteiger partial charge in [0.1, 0.15) is 5.52 Å². The van der Waals surface area contributed by atoms with Crippen molar-refractivity contribution in [1.82, 2.24) is 10.3 Å². The van der Waals surface area contributed by atoms with E-state index in [1.165, 1.54) is 0 Å². The highest BCUT2D eigenvalue weighted by atomic mass is 32.1. The molecular formula is C22H25N3O2S. The topological polar surface area (TPSA) is 67.2 Å². The van der Waals surface area contributed by atoms with E-state index in [0.717, 1.165) is 39.0 Å². The maximum atomic E-state index is 12.1. The standard InChI is InChI=1S/C22H25N3O2S/c1-12-9-14(3)18-17(10-12)23-19(27-18)15-8-7-13(2)16(11-15)24-21(28)25-20(26)22(4,5)6/h7-11H,1-6H3,(H2,24,25,26,28).